The van der Waals surface area contributed by atoms with Crippen molar-refractivity contribution < 1.29 is 10.0 Å². The third-order valence-electron chi connectivity index (χ3n) is 1.12. The Morgan fingerprint density at radius 2 is 2.09 bits per heavy atom. The van der Waals surface area contributed by atoms with E-state index in [9.17, 15) is 15.2 Å². The summed E-state index contributed by atoms with van der Waals surface area (Å²) in [7, 11) is 0. The number of halogens is 1. The number of nitro groups is 1. The molecule has 0 amide bonds. The first-order valence-corrected chi connectivity index (χ1v) is 3.51. The van der Waals surface area contributed by atoms with Crippen LogP contribution in [0.5, 0.6) is 5.75 Å². The van der Waals surface area contributed by atoms with Crippen LogP contribution in [0.1, 0.15) is 0 Å². The second-order valence-electron chi connectivity index (χ2n) is 1.87. The topological polar surface area (TPSA) is 63.0 Å². The summed E-state index contributed by atoms with van der Waals surface area (Å²) in [6, 6.07) is 3.81. The molecule has 0 fully saturated rings. The maximum Gasteiger partial charge on any atom is 0.317 e. The Kier molecular flexibility index (Phi) is 2.09. The van der Waals surface area contributed by atoms with Crippen LogP contribution in [0.3, 0.4) is 0 Å². The zero-order valence-corrected chi connectivity index (χ0v) is 6.87. The molecule has 57 valence electrons. The van der Waals surface area contributed by atoms with Crippen LogP contribution in [0.25, 0.3) is 0 Å². The molecule has 0 bridgehead atoms. The molecule has 0 atom stereocenters. The van der Waals surface area contributed by atoms with Gasteiger partial charge in [-0.3, -0.25) is 15.2 Å². The lowest BCUT2D eigenvalue weighted by molar-refractivity contribution is -0.386. The molecule has 0 aromatic heterocycles. The lowest BCUT2D eigenvalue weighted by Crippen LogP contribution is -1.87. The van der Waals surface area contributed by atoms with Crippen molar-refractivity contribution in [1.29, 1.82) is 0 Å². The van der Waals surface area contributed by atoms with E-state index in [1.807, 2.05) is 0 Å². The van der Waals surface area contributed by atoms with Crippen LogP contribution in [0.2, 0.25) is 0 Å². The molecule has 0 heterocycles. The van der Waals surface area contributed by atoms with Gasteiger partial charge in [-0.1, -0.05) is 15.9 Å². The third kappa shape index (κ3) is 1.68. The Hall–Kier alpha value is -1.10. The maximum atomic E-state index is 10.8. The molecular weight excluding hydrogens is 214 g/mol. The number of nitrogens with zero attached hydrogens (tertiary/aromatic N) is 1. The van der Waals surface area contributed by atoms with Gasteiger partial charge in [-0.25, -0.2) is 0 Å². The highest BCUT2D eigenvalue weighted by Gasteiger charge is 2.13. The second kappa shape index (κ2) is 2.87. The van der Waals surface area contributed by atoms with Gasteiger partial charge in [0.05, 0.1) is 4.92 Å². The first-order valence-electron chi connectivity index (χ1n) is 2.72. The molecule has 1 radical (unpaired) electrons. The van der Waals surface area contributed by atoms with E-state index in [1.54, 1.807) is 0 Å². The Morgan fingerprint density at radius 1 is 1.45 bits per heavy atom. The lowest BCUT2D eigenvalue weighted by Gasteiger charge is -1.92. The number of rotatable bonds is 1. The Balaban J connectivity index is 3.23. The molecule has 0 spiro atoms. The molecule has 11 heavy (non-hydrogen) atoms. The van der Waals surface area contributed by atoms with Crippen LogP contribution >= 0.6 is 15.9 Å². The van der Waals surface area contributed by atoms with Crippen molar-refractivity contribution in [2.75, 3.05) is 0 Å². The highest BCUT2D eigenvalue weighted by molar-refractivity contribution is 9.10. The van der Waals surface area contributed by atoms with Gasteiger partial charge in [0.1, 0.15) is 0 Å². The summed E-state index contributed by atoms with van der Waals surface area (Å²) in [6.07, 6.45) is 0. The molecule has 1 aromatic rings. The van der Waals surface area contributed by atoms with Crippen molar-refractivity contribution in [3.05, 3.63) is 32.8 Å². The largest absolute Gasteiger partial charge is 0.317 e. The molecule has 1 aromatic carbocycles. The third-order valence-corrected chi connectivity index (χ3v) is 1.61. The highest BCUT2D eigenvalue weighted by Crippen LogP contribution is 2.28. The van der Waals surface area contributed by atoms with Gasteiger partial charge < -0.3 is 0 Å². The number of nitro benzene ring substituents is 1. The standard InChI is InChI=1S/C6H3BrNO3/c7-4-1-2-6(9)5(3-4)8(10)11/h1-3H. The van der Waals surface area contributed by atoms with Gasteiger partial charge in [-0.2, -0.15) is 0 Å². The van der Waals surface area contributed by atoms with E-state index >= 15 is 0 Å². The van der Waals surface area contributed by atoms with Gasteiger partial charge in [0, 0.05) is 10.5 Å². The van der Waals surface area contributed by atoms with Gasteiger partial charge in [0.25, 0.3) is 5.75 Å². The zero-order valence-electron chi connectivity index (χ0n) is 5.28. The summed E-state index contributed by atoms with van der Waals surface area (Å²) < 4.78 is 0.531. The van der Waals surface area contributed by atoms with Crippen molar-refractivity contribution in [1.82, 2.24) is 0 Å². The van der Waals surface area contributed by atoms with Gasteiger partial charge in [0.15, 0.2) is 0 Å². The normalized spacial score (nSPS) is 9.55. The van der Waals surface area contributed by atoms with Gasteiger partial charge in [-0.15, -0.1) is 0 Å². The fourth-order valence-corrected chi connectivity index (χ4v) is 0.982. The number of hydrogen-bond acceptors (Lipinski definition) is 2. The summed E-state index contributed by atoms with van der Waals surface area (Å²) in [5.41, 5.74) is -0.403. The number of benzene rings is 1. The lowest BCUT2D eigenvalue weighted by atomic mass is 10.3. The molecule has 0 aliphatic carbocycles. The van der Waals surface area contributed by atoms with Crippen molar-refractivity contribution in [3.63, 3.8) is 0 Å². The minimum atomic E-state index is -0.701. The van der Waals surface area contributed by atoms with Crippen molar-refractivity contribution in [3.8, 4) is 5.75 Å². The van der Waals surface area contributed by atoms with E-state index in [-0.39, 0.29) is 0 Å². The van der Waals surface area contributed by atoms with E-state index in [0.29, 0.717) is 4.47 Å². The van der Waals surface area contributed by atoms with E-state index in [2.05, 4.69) is 15.9 Å². The average Bonchev–Trinajstić information content (AvgIpc) is 1.94. The highest BCUT2D eigenvalue weighted by atomic mass is 79.9. The smallest absolute Gasteiger partial charge is 0.282 e. The average molecular weight is 217 g/mol. The summed E-state index contributed by atoms with van der Waals surface area (Å²) in [5.74, 6) is -0.571. The van der Waals surface area contributed by atoms with Crippen molar-refractivity contribution >= 4 is 21.6 Å². The fourth-order valence-electron chi connectivity index (χ4n) is 0.633. The van der Waals surface area contributed by atoms with E-state index in [1.165, 1.54) is 12.1 Å². The quantitative estimate of drug-likeness (QED) is 0.535. The summed E-state index contributed by atoms with van der Waals surface area (Å²) in [4.78, 5) is 9.46. The molecule has 0 N–H and O–H groups in total. The SMILES string of the molecule is [O]c1ccc(Br)cc1[N+](=O)[O-]. The van der Waals surface area contributed by atoms with Gasteiger partial charge in [0.2, 0.25) is 0 Å². The predicted molar refractivity (Wildman–Crippen MR) is 40.9 cm³/mol. The summed E-state index contributed by atoms with van der Waals surface area (Å²) >= 11 is 3.02. The van der Waals surface area contributed by atoms with E-state index in [0.717, 1.165) is 6.07 Å². The first-order chi connectivity index (χ1) is 5.11. The molecular formula is C6H3BrNO3. The van der Waals surface area contributed by atoms with Gasteiger partial charge in [-0.05, 0) is 12.1 Å². The molecule has 0 unspecified atom stereocenters. The first kappa shape index (κ1) is 8.00. The molecule has 0 saturated carbocycles. The monoisotopic (exact) mass is 216 g/mol. The van der Waals surface area contributed by atoms with Crippen LogP contribution in [0.4, 0.5) is 5.69 Å². The minimum absolute atomic E-state index is 0.403. The zero-order chi connectivity index (χ0) is 8.43. The Labute approximate surface area is 70.7 Å². The summed E-state index contributed by atoms with van der Waals surface area (Å²) in [6.45, 7) is 0. The molecule has 4 nitrogen and oxygen atoms in total. The Morgan fingerprint density at radius 3 is 2.55 bits per heavy atom. The van der Waals surface area contributed by atoms with Crippen LogP contribution in [-0.4, -0.2) is 4.92 Å². The molecule has 0 aliphatic rings. The van der Waals surface area contributed by atoms with Crippen LogP contribution in [0.15, 0.2) is 22.7 Å². The van der Waals surface area contributed by atoms with Gasteiger partial charge >= 0.3 is 5.69 Å². The minimum Gasteiger partial charge on any atom is -0.282 e. The van der Waals surface area contributed by atoms with Crippen molar-refractivity contribution in [2.45, 2.75) is 0 Å². The van der Waals surface area contributed by atoms with E-state index in [4.69, 9.17) is 0 Å². The fraction of sp³-hybridized carbons (Fsp3) is 0. The van der Waals surface area contributed by atoms with E-state index < -0.39 is 16.4 Å². The van der Waals surface area contributed by atoms with Crippen LogP contribution in [0, 0.1) is 10.1 Å². The molecule has 0 saturated heterocycles. The van der Waals surface area contributed by atoms with Crippen molar-refractivity contribution in [2.24, 2.45) is 0 Å². The second-order valence-corrected chi connectivity index (χ2v) is 2.78. The molecule has 0 aliphatic heterocycles. The van der Waals surface area contributed by atoms with Crippen LogP contribution < -0.4 is 0 Å². The number of hydrogen-bond donors (Lipinski definition) is 0. The van der Waals surface area contributed by atoms with Crippen LogP contribution in [-0.2, 0) is 5.11 Å². The molecule has 5 heteroatoms. The molecule has 1 rings (SSSR count). The Bertz CT molecular complexity index is 300. The predicted octanol–water partition coefficient (Wildman–Crippen LogP) is 2.50. The summed E-state index contributed by atoms with van der Waals surface area (Å²) in [5, 5.41) is 20.9. The maximum absolute atomic E-state index is 10.8.